The number of benzene rings is 2. The van der Waals surface area contributed by atoms with Crippen LogP contribution >= 0.6 is 0 Å². The second-order valence-corrected chi connectivity index (χ2v) is 5.12. The van der Waals surface area contributed by atoms with Crippen LogP contribution in [0.3, 0.4) is 0 Å². The molecule has 22 heavy (non-hydrogen) atoms. The van der Waals surface area contributed by atoms with Crippen LogP contribution in [-0.4, -0.2) is 18.3 Å². The number of aliphatic hydroxyl groups is 1. The standard InChI is InChI=1S/C17H17F3O2/c1-12-2-4-13(5-3-12)14(10-21)11-22-16-8-6-15(7-9-16)17(18,19)20/h2-9,14,21H,10-11H2,1H3. The summed E-state index contributed by atoms with van der Waals surface area (Å²) in [5, 5.41) is 9.45. The van der Waals surface area contributed by atoms with E-state index < -0.39 is 11.7 Å². The summed E-state index contributed by atoms with van der Waals surface area (Å²) in [7, 11) is 0. The Bertz CT molecular complexity index is 589. The molecule has 0 spiro atoms. The van der Waals surface area contributed by atoms with Gasteiger partial charge in [0.1, 0.15) is 5.75 Å². The Labute approximate surface area is 127 Å². The molecule has 1 N–H and O–H groups in total. The van der Waals surface area contributed by atoms with Gasteiger partial charge in [0, 0.05) is 5.92 Å². The second kappa shape index (κ2) is 6.83. The molecule has 0 bridgehead atoms. The van der Waals surface area contributed by atoms with Crippen LogP contribution in [0.15, 0.2) is 48.5 Å². The van der Waals surface area contributed by atoms with E-state index in [9.17, 15) is 18.3 Å². The van der Waals surface area contributed by atoms with Gasteiger partial charge in [-0.2, -0.15) is 13.2 Å². The molecular weight excluding hydrogens is 293 g/mol. The monoisotopic (exact) mass is 310 g/mol. The maximum Gasteiger partial charge on any atom is 0.416 e. The first kappa shape index (κ1) is 16.4. The van der Waals surface area contributed by atoms with Crippen LogP contribution in [0.1, 0.15) is 22.6 Å². The molecule has 2 rings (SSSR count). The predicted molar refractivity (Wildman–Crippen MR) is 77.9 cm³/mol. The van der Waals surface area contributed by atoms with E-state index in [1.165, 1.54) is 12.1 Å². The van der Waals surface area contributed by atoms with E-state index in [0.717, 1.165) is 23.3 Å². The third kappa shape index (κ3) is 4.24. The molecule has 1 atom stereocenters. The van der Waals surface area contributed by atoms with E-state index >= 15 is 0 Å². The zero-order valence-electron chi connectivity index (χ0n) is 12.1. The Morgan fingerprint density at radius 3 is 2.09 bits per heavy atom. The number of hydrogen-bond acceptors (Lipinski definition) is 2. The molecule has 0 heterocycles. The average molecular weight is 310 g/mol. The van der Waals surface area contributed by atoms with Crippen molar-refractivity contribution >= 4 is 0 Å². The Morgan fingerprint density at radius 2 is 1.59 bits per heavy atom. The number of halogens is 3. The number of aliphatic hydroxyl groups excluding tert-OH is 1. The molecule has 0 aliphatic heterocycles. The van der Waals surface area contributed by atoms with Gasteiger partial charge in [-0.3, -0.25) is 0 Å². The highest BCUT2D eigenvalue weighted by atomic mass is 19.4. The molecule has 0 amide bonds. The summed E-state index contributed by atoms with van der Waals surface area (Å²) in [6.45, 7) is 2.07. The Morgan fingerprint density at radius 1 is 1.00 bits per heavy atom. The molecular formula is C17H17F3O2. The minimum atomic E-state index is -4.35. The van der Waals surface area contributed by atoms with Crippen molar-refractivity contribution in [2.45, 2.75) is 19.0 Å². The molecule has 0 aromatic heterocycles. The summed E-state index contributed by atoms with van der Waals surface area (Å²) >= 11 is 0. The number of rotatable bonds is 5. The van der Waals surface area contributed by atoms with Crippen molar-refractivity contribution in [1.29, 1.82) is 0 Å². The van der Waals surface area contributed by atoms with Crippen LogP contribution in [0.25, 0.3) is 0 Å². The molecule has 0 radical (unpaired) electrons. The molecule has 2 aromatic rings. The lowest BCUT2D eigenvalue weighted by molar-refractivity contribution is -0.137. The van der Waals surface area contributed by atoms with Crippen LogP contribution in [0, 0.1) is 6.92 Å². The van der Waals surface area contributed by atoms with Crippen molar-refractivity contribution in [3.63, 3.8) is 0 Å². The summed E-state index contributed by atoms with van der Waals surface area (Å²) in [5.74, 6) is 0.126. The average Bonchev–Trinajstić information content (AvgIpc) is 2.49. The van der Waals surface area contributed by atoms with E-state index in [2.05, 4.69) is 0 Å². The highest BCUT2D eigenvalue weighted by Gasteiger charge is 2.30. The summed E-state index contributed by atoms with van der Waals surface area (Å²) in [4.78, 5) is 0. The lowest BCUT2D eigenvalue weighted by Crippen LogP contribution is -2.14. The highest BCUT2D eigenvalue weighted by molar-refractivity contribution is 5.29. The number of hydrogen-bond donors (Lipinski definition) is 1. The van der Waals surface area contributed by atoms with Gasteiger partial charge in [0.15, 0.2) is 0 Å². The van der Waals surface area contributed by atoms with E-state index in [0.29, 0.717) is 5.75 Å². The highest BCUT2D eigenvalue weighted by Crippen LogP contribution is 2.30. The Kier molecular flexibility index (Phi) is 5.08. The van der Waals surface area contributed by atoms with E-state index in [-0.39, 0.29) is 19.1 Å². The van der Waals surface area contributed by atoms with E-state index in [4.69, 9.17) is 4.74 Å². The van der Waals surface area contributed by atoms with Crippen molar-refractivity contribution in [2.24, 2.45) is 0 Å². The second-order valence-electron chi connectivity index (χ2n) is 5.12. The van der Waals surface area contributed by atoms with Crippen LogP contribution in [0.2, 0.25) is 0 Å². The van der Waals surface area contributed by atoms with Gasteiger partial charge in [-0.25, -0.2) is 0 Å². The molecule has 0 fully saturated rings. The van der Waals surface area contributed by atoms with Gasteiger partial charge in [-0.05, 0) is 36.8 Å². The molecule has 5 heteroatoms. The van der Waals surface area contributed by atoms with E-state index in [1.807, 2.05) is 31.2 Å². The number of aryl methyl sites for hydroxylation is 1. The Hall–Kier alpha value is -2.01. The fourth-order valence-corrected chi connectivity index (χ4v) is 2.03. The first-order chi connectivity index (χ1) is 10.4. The van der Waals surface area contributed by atoms with Gasteiger partial charge in [0.25, 0.3) is 0 Å². The third-order valence-corrected chi connectivity index (χ3v) is 3.40. The first-order valence-corrected chi connectivity index (χ1v) is 6.87. The predicted octanol–water partition coefficient (Wildman–Crippen LogP) is 4.17. The van der Waals surface area contributed by atoms with Crippen LogP contribution in [0.4, 0.5) is 13.2 Å². The van der Waals surface area contributed by atoms with Crippen molar-refractivity contribution in [3.05, 3.63) is 65.2 Å². The zero-order chi connectivity index (χ0) is 16.2. The SMILES string of the molecule is Cc1ccc(C(CO)COc2ccc(C(F)(F)F)cc2)cc1. The van der Waals surface area contributed by atoms with Crippen LogP contribution in [-0.2, 0) is 6.18 Å². The molecule has 0 saturated heterocycles. The van der Waals surface area contributed by atoms with Crippen molar-refractivity contribution < 1.29 is 23.0 Å². The molecule has 2 aromatic carbocycles. The van der Waals surface area contributed by atoms with Crippen molar-refractivity contribution in [2.75, 3.05) is 13.2 Å². The summed E-state index contributed by atoms with van der Waals surface area (Å²) in [5.41, 5.74) is 1.33. The fraction of sp³-hybridized carbons (Fsp3) is 0.294. The molecule has 0 saturated carbocycles. The normalized spacial score (nSPS) is 13.0. The first-order valence-electron chi connectivity index (χ1n) is 6.87. The molecule has 2 nitrogen and oxygen atoms in total. The Balaban J connectivity index is 2.00. The molecule has 0 aliphatic carbocycles. The lowest BCUT2D eigenvalue weighted by Gasteiger charge is -2.16. The number of ether oxygens (including phenoxy) is 1. The van der Waals surface area contributed by atoms with Gasteiger partial charge in [0.2, 0.25) is 0 Å². The van der Waals surface area contributed by atoms with E-state index in [1.54, 1.807) is 0 Å². The van der Waals surface area contributed by atoms with Crippen LogP contribution < -0.4 is 4.74 Å². The zero-order valence-corrected chi connectivity index (χ0v) is 12.1. The maximum absolute atomic E-state index is 12.5. The largest absolute Gasteiger partial charge is 0.493 e. The fourth-order valence-electron chi connectivity index (χ4n) is 2.03. The van der Waals surface area contributed by atoms with Gasteiger partial charge < -0.3 is 9.84 Å². The maximum atomic E-state index is 12.5. The summed E-state index contributed by atoms with van der Waals surface area (Å²) < 4.78 is 42.9. The topological polar surface area (TPSA) is 29.5 Å². The van der Waals surface area contributed by atoms with Crippen molar-refractivity contribution in [3.8, 4) is 5.75 Å². The van der Waals surface area contributed by atoms with Crippen LogP contribution in [0.5, 0.6) is 5.75 Å². The third-order valence-electron chi connectivity index (χ3n) is 3.40. The minimum Gasteiger partial charge on any atom is -0.493 e. The van der Waals surface area contributed by atoms with Gasteiger partial charge in [-0.15, -0.1) is 0 Å². The van der Waals surface area contributed by atoms with Crippen molar-refractivity contribution in [1.82, 2.24) is 0 Å². The molecule has 118 valence electrons. The molecule has 0 aliphatic rings. The summed E-state index contributed by atoms with van der Waals surface area (Å²) in [6.07, 6.45) is -4.35. The quantitative estimate of drug-likeness (QED) is 0.898. The summed E-state index contributed by atoms with van der Waals surface area (Å²) in [6, 6.07) is 12.2. The minimum absolute atomic E-state index is 0.0936. The lowest BCUT2D eigenvalue weighted by atomic mass is 10.00. The van der Waals surface area contributed by atoms with Gasteiger partial charge in [-0.1, -0.05) is 29.8 Å². The number of alkyl halides is 3. The smallest absolute Gasteiger partial charge is 0.416 e. The molecule has 1 unspecified atom stereocenters. The van der Waals surface area contributed by atoms with Gasteiger partial charge in [0.05, 0.1) is 18.8 Å². The van der Waals surface area contributed by atoms with Gasteiger partial charge >= 0.3 is 6.18 Å².